The number of carbonyl (C=O) groups excluding carboxylic acids is 1. The maximum atomic E-state index is 12.7. The number of para-hydroxylation sites is 2. The number of aromatic nitrogens is 3. The molecule has 4 rings (SSSR count). The predicted octanol–water partition coefficient (Wildman–Crippen LogP) is 2.79. The molecule has 0 saturated heterocycles. The van der Waals surface area contributed by atoms with E-state index in [-0.39, 0.29) is 11.9 Å². The summed E-state index contributed by atoms with van der Waals surface area (Å²) in [6, 6.07) is 14.9. The molecule has 2 heterocycles. The fourth-order valence-electron chi connectivity index (χ4n) is 2.57. The Labute approximate surface area is 120 Å². The second-order valence-electron chi connectivity index (χ2n) is 4.88. The largest absolute Gasteiger partial charge is 0.369 e. The van der Waals surface area contributed by atoms with Gasteiger partial charge in [0.05, 0.1) is 11.0 Å². The van der Waals surface area contributed by atoms with Crippen molar-refractivity contribution < 1.29 is 4.79 Å². The molecule has 0 saturated carbocycles. The van der Waals surface area contributed by atoms with Gasteiger partial charge in [-0.15, -0.1) is 0 Å². The molecular formula is C16H12N4O. The summed E-state index contributed by atoms with van der Waals surface area (Å²) in [6.07, 6.45) is 1.85. The van der Waals surface area contributed by atoms with Crippen molar-refractivity contribution in [3.8, 4) is 0 Å². The van der Waals surface area contributed by atoms with Gasteiger partial charge in [0.2, 0.25) is 5.95 Å². The van der Waals surface area contributed by atoms with Gasteiger partial charge in [0.15, 0.2) is 0 Å². The second kappa shape index (κ2) is 4.21. The van der Waals surface area contributed by atoms with Crippen LogP contribution in [0, 0.1) is 0 Å². The Hall–Kier alpha value is -3.08. The third kappa shape index (κ3) is 1.71. The van der Waals surface area contributed by atoms with Crippen LogP contribution in [-0.4, -0.2) is 20.4 Å². The summed E-state index contributed by atoms with van der Waals surface area (Å²) in [5.41, 5.74) is 8.92. The van der Waals surface area contributed by atoms with Gasteiger partial charge in [-0.1, -0.05) is 12.1 Å². The lowest BCUT2D eigenvalue weighted by atomic mass is 10.1. The zero-order valence-electron chi connectivity index (χ0n) is 11.1. The smallest absolute Gasteiger partial charge is 0.265 e. The van der Waals surface area contributed by atoms with E-state index in [1.807, 2.05) is 48.7 Å². The summed E-state index contributed by atoms with van der Waals surface area (Å²) >= 11 is 0. The average molecular weight is 276 g/mol. The van der Waals surface area contributed by atoms with E-state index in [0.29, 0.717) is 16.6 Å². The van der Waals surface area contributed by atoms with Crippen molar-refractivity contribution >= 4 is 33.8 Å². The van der Waals surface area contributed by atoms with E-state index in [1.165, 1.54) is 4.57 Å². The summed E-state index contributed by atoms with van der Waals surface area (Å²) in [7, 11) is 0. The number of rotatable bonds is 1. The highest BCUT2D eigenvalue weighted by Crippen LogP contribution is 2.21. The van der Waals surface area contributed by atoms with Crippen molar-refractivity contribution in [2.75, 3.05) is 5.73 Å². The molecule has 0 aliphatic carbocycles. The third-order valence-corrected chi connectivity index (χ3v) is 3.59. The number of hydrogen-bond donors (Lipinski definition) is 2. The lowest BCUT2D eigenvalue weighted by molar-refractivity contribution is 0.0967. The highest BCUT2D eigenvalue weighted by molar-refractivity contribution is 6.05. The van der Waals surface area contributed by atoms with Gasteiger partial charge in [0.1, 0.15) is 0 Å². The van der Waals surface area contributed by atoms with Crippen LogP contribution in [0.25, 0.3) is 21.9 Å². The molecule has 0 unspecified atom stereocenters. The Bertz CT molecular complexity index is 980. The summed E-state index contributed by atoms with van der Waals surface area (Å²) in [4.78, 5) is 20.1. The number of fused-ring (bicyclic) bond motifs is 2. The quantitative estimate of drug-likeness (QED) is 0.561. The Kier molecular flexibility index (Phi) is 2.35. The van der Waals surface area contributed by atoms with Gasteiger partial charge in [-0.2, -0.15) is 0 Å². The lowest BCUT2D eigenvalue weighted by Crippen LogP contribution is -2.14. The van der Waals surface area contributed by atoms with Crippen LogP contribution in [0.2, 0.25) is 0 Å². The summed E-state index contributed by atoms with van der Waals surface area (Å²) < 4.78 is 1.45. The van der Waals surface area contributed by atoms with E-state index in [2.05, 4.69) is 9.97 Å². The lowest BCUT2D eigenvalue weighted by Gasteiger charge is -2.05. The van der Waals surface area contributed by atoms with E-state index in [4.69, 9.17) is 5.73 Å². The fraction of sp³-hybridized carbons (Fsp3) is 0. The zero-order chi connectivity index (χ0) is 14.4. The number of H-pyrrole nitrogens is 1. The molecule has 102 valence electrons. The summed E-state index contributed by atoms with van der Waals surface area (Å²) in [6.45, 7) is 0. The monoisotopic (exact) mass is 276 g/mol. The molecule has 0 fully saturated rings. The molecule has 0 aliphatic heterocycles. The molecule has 0 amide bonds. The van der Waals surface area contributed by atoms with Crippen LogP contribution in [-0.2, 0) is 0 Å². The Morgan fingerprint density at radius 1 is 1.14 bits per heavy atom. The third-order valence-electron chi connectivity index (χ3n) is 3.59. The molecule has 21 heavy (non-hydrogen) atoms. The summed E-state index contributed by atoms with van der Waals surface area (Å²) in [5, 5.41) is 0.990. The van der Waals surface area contributed by atoms with Crippen molar-refractivity contribution in [2.24, 2.45) is 0 Å². The molecule has 0 atom stereocenters. The predicted molar refractivity (Wildman–Crippen MR) is 82.2 cm³/mol. The van der Waals surface area contributed by atoms with Crippen molar-refractivity contribution in [3.05, 3.63) is 60.3 Å². The number of nitrogen functional groups attached to an aromatic ring is 1. The fourth-order valence-corrected chi connectivity index (χ4v) is 2.57. The van der Waals surface area contributed by atoms with Crippen LogP contribution < -0.4 is 5.73 Å². The van der Waals surface area contributed by atoms with Gasteiger partial charge >= 0.3 is 0 Å². The highest BCUT2D eigenvalue weighted by atomic mass is 16.2. The van der Waals surface area contributed by atoms with Gasteiger partial charge in [-0.3, -0.25) is 4.79 Å². The molecule has 3 N–H and O–H groups in total. The van der Waals surface area contributed by atoms with E-state index in [0.717, 1.165) is 10.9 Å². The van der Waals surface area contributed by atoms with Gasteiger partial charge in [-0.05, 0) is 36.4 Å². The number of nitrogens with zero attached hydrogens (tertiary/aromatic N) is 2. The van der Waals surface area contributed by atoms with E-state index >= 15 is 0 Å². The molecule has 0 radical (unpaired) electrons. The van der Waals surface area contributed by atoms with Crippen LogP contribution in [0.15, 0.2) is 54.7 Å². The molecular weight excluding hydrogens is 264 g/mol. The second-order valence-corrected chi connectivity index (χ2v) is 4.88. The molecule has 0 spiro atoms. The van der Waals surface area contributed by atoms with Crippen molar-refractivity contribution in [2.45, 2.75) is 0 Å². The zero-order valence-corrected chi connectivity index (χ0v) is 11.1. The number of nitrogens with two attached hydrogens (primary N) is 1. The van der Waals surface area contributed by atoms with E-state index in [1.54, 1.807) is 6.07 Å². The van der Waals surface area contributed by atoms with Crippen molar-refractivity contribution in [1.29, 1.82) is 0 Å². The Morgan fingerprint density at radius 2 is 2.00 bits per heavy atom. The number of aromatic amines is 1. The van der Waals surface area contributed by atoms with Crippen LogP contribution in [0.4, 0.5) is 5.95 Å². The normalized spacial score (nSPS) is 11.2. The first kappa shape index (κ1) is 11.7. The van der Waals surface area contributed by atoms with Crippen LogP contribution in [0.5, 0.6) is 0 Å². The van der Waals surface area contributed by atoms with Gasteiger partial charge < -0.3 is 10.7 Å². The number of hydrogen-bond acceptors (Lipinski definition) is 3. The standard InChI is InChI=1S/C16H12N4O/c17-16-19-13-3-1-2-4-14(13)20(16)15(21)11-5-6-12-10(9-11)7-8-18-12/h1-9,18H,(H2,17,19). The molecule has 5 heteroatoms. The number of carbonyl (C=O) groups is 1. The average Bonchev–Trinajstić information content (AvgIpc) is 3.08. The van der Waals surface area contributed by atoms with Gasteiger partial charge in [-0.25, -0.2) is 9.55 Å². The van der Waals surface area contributed by atoms with Crippen LogP contribution in [0.3, 0.4) is 0 Å². The Morgan fingerprint density at radius 3 is 2.90 bits per heavy atom. The number of imidazole rings is 1. The van der Waals surface area contributed by atoms with Crippen molar-refractivity contribution in [3.63, 3.8) is 0 Å². The first-order chi connectivity index (χ1) is 10.2. The minimum absolute atomic E-state index is 0.177. The van der Waals surface area contributed by atoms with E-state index < -0.39 is 0 Å². The van der Waals surface area contributed by atoms with Crippen molar-refractivity contribution in [1.82, 2.24) is 14.5 Å². The topological polar surface area (TPSA) is 76.7 Å². The van der Waals surface area contributed by atoms with Gasteiger partial charge in [0.25, 0.3) is 5.91 Å². The SMILES string of the molecule is Nc1nc2ccccc2n1C(=O)c1ccc2[nH]ccc2c1. The minimum atomic E-state index is -0.177. The molecule has 0 bridgehead atoms. The number of anilines is 1. The van der Waals surface area contributed by atoms with Crippen LogP contribution >= 0.6 is 0 Å². The Balaban J connectivity index is 1.91. The molecule has 0 aliphatic rings. The molecule has 5 nitrogen and oxygen atoms in total. The van der Waals surface area contributed by atoms with Crippen LogP contribution in [0.1, 0.15) is 10.4 Å². The first-order valence-electron chi connectivity index (χ1n) is 6.59. The maximum absolute atomic E-state index is 12.7. The molecule has 2 aromatic heterocycles. The highest BCUT2D eigenvalue weighted by Gasteiger charge is 2.16. The number of nitrogens with one attached hydrogen (secondary N) is 1. The minimum Gasteiger partial charge on any atom is -0.369 e. The van der Waals surface area contributed by atoms with Gasteiger partial charge in [0, 0.05) is 22.7 Å². The maximum Gasteiger partial charge on any atom is 0.265 e. The number of benzene rings is 2. The van der Waals surface area contributed by atoms with E-state index in [9.17, 15) is 4.79 Å². The first-order valence-corrected chi connectivity index (χ1v) is 6.59. The molecule has 4 aromatic rings. The summed E-state index contributed by atoms with van der Waals surface area (Å²) in [5.74, 6) is 0.0275. The molecule has 2 aromatic carbocycles.